The molecule has 2 aromatic rings. The fourth-order valence-electron chi connectivity index (χ4n) is 4.55. The highest BCUT2D eigenvalue weighted by molar-refractivity contribution is 5.74. The van der Waals surface area contributed by atoms with E-state index in [-0.39, 0.29) is 5.91 Å². The number of carbonyl (C=O) groups excluding carboxylic acids is 1. The predicted octanol–water partition coefficient (Wildman–Crippen LogP) is 2.62. The second-order valence-corrected chi connectivity index (χ2v) is 7.23. The number of aryl methyl sites for hydroxylation is 1. The van der Waals surface area contributed by atoms with E-state index in [4.69, 9.17) is 4.98 Å². The van der Waals surface area contributed by atoms with Crippen LogP contribution in [0.5, 0.6) is 0 Å². The molecule has 5 nitrogen and oxygen atoms in total. The number of hydrogen-bond acceptors (Lipinski definition) is 3. The molecule has 1 amide bonds. The van der Waals surface area contributed by atoms with Crippen molar-refractivity contribution in [2.75, 3.05) is 13.1 Å². The first-order valence-corrected chi connectivity index (χ1v) is 9.08. The first-order valence-electron chi connectivity index (χ1n) is 9.08. The van der Waals surface area contributed by atoms with Gasteiger partial charge in [-0.2, -0.15) is 0 Å². The summed E-state index contributed by atoms with van der Waals surface area (Å²) >= 11 is 0. The zero-order chi connectivity index (χ0) is 16.7. The summed E-state index contributed by atoms with van der Waals surface area (Å²) in [4.78, 5) is 21.4. The van der Waals surface area contributed by atoms with Crippen molar-refractivity contribution in [1.29, 1.82) is 0 Å². The van der Waals surface area contributed by atoms with Crippen LogP contribution >= 0.6 is 0 Å². The lowest BCUT2D eigenvalue weighted by Gasteiger charge is -2.34. The summed E-state index contributed by atoms with van der Waals surface area (Å²) in [6.07, 6.45) is 6.87. The molecule has 4 rings (SSSR count). The van der Waals surface area contributed by atoms with Gasteiger partial charge in [0.15, 0.2) is 0 Å². The summed E-state index contributed by atoms with van der Waals surface area (Å²) in [6, 6.07) is 7.11. The van der Waals surface area contributed by atoms with Crippen molar-refractivity contribution in [2.24, 2.45) is 0 Å². The Kier molecular flexibility index (Phi) is 4.04. The SMILES string of the molecule is CC(=O)N1CCC[C@H]1[C@@H]1CCCN1Cc1cn2c(C)cccc2n1. The first-order chi connectivity index (χ1) is 11.6. The molecular formula is C19H26N4O. The number of aromatic nitrogens is 2. The summed E-state index contributed by atoms with van der Waals surface area (Å²) in [7, 11) is 0. The molecule has 0 saturated carbocycles. The number of amides is 1. The van der Waals surface area contributed by atoms with Crippen LogP contribution in [0.1, 0.15) is 44.0 Å². The van der Waals surface area contributed by atoms with Crippen molar-refractivity contribution in [1.82, 2.24) is 19.2 Å². The van der Waals surface area contributed by atoms with E-state index in [2.05, 4.69) is 45.5 Å². The topological polar surface area (TPSA) is 40.9 Å². The van der Waals surface area contributed by atoms with Crippen LogP contribution in [0.4, 0.5) is 0 Å². The van der Waals surface area contributed by atoms with E-state index < -0.39 is 0 Å². The molecule has 2 saturated heterocycles. The molecular weight excluding hydrogens is 300 g/mol. The van der Waals surface area contributed by atoms with Gasteiger partial charge in [-0.05, 0) is 51.3 Å². The molecule has 0 unspecified atom stereocenters. The van der Waals surface area contributed by atoms with Crippen LogP contribution in [0.25, 0.3) is 5.65 Å². The highest BCUT2D eigenvalue weighted by Gasteiger charge is 2.38. The molecule has 0 aromatic carbocycles. The van der Waals surface area contributed by atoms with Crippen molar-refractivity contribution in [3.05, 3.63) is 35.8 Å². The number of pyridine rings is 1. The van der Waals surface area contributed by atoms with E-state index in [1.807, 2.05) is 0 Å². The third kappa shape index (κ3) is 2.71. The Morgan fingerprint density at radius 2 is 2.00 bits per heavy atom. The lowest BCUT2D eigenvalue weighted by Crippen LogP contribution is -2.47. The van der Waals surface area contributed by atoms with E-state index in [9.17, 15) is 4.79 Å². The van der Waals surface area contributed by atoms with Gasteiger partial charge in [0.1, 0.15) is 5.65 Å². The van der Waals surface area contributed by atoms with Gasteiger partial charge in [-0.25, -0.2) is 4.98 Å². The van der Waals surface area contributed by atoms with Crippen molar-refractivity contribution in [3.8, 4) is 0 Å². The lowest BCUT2D eigenvalue weighted by molar-refractivity contribution is -0.130. The Morgan fingerprint density at radius 3 is 2.79 bits per heavy atom. The van der Waals surface area contributed by atoms with Gasteiger partial charge in [-0.1, -0.05) is 6.07 Å². The molecule has 2 fully saturated rings. The highest BCUT2D eigenvalue weighted by atomic mass is 16.2. The maximum absolute atomic E-state index is 11.9. The molecule has 0 aliphatic carbocycles. The Bertz CT molecular complexity index is 753. The molecule has 0 radical (unpaired) electrons. The largest absolute Gasteiger partial charge is 0.338 e. The van der Waals surface area contributed by atoms with Crippen LogP contribution in [-0.4, -0.2) is 50.3 Å². The Morgan fingerprint density at radius 1 is 1.21 bits per heavy atom. The Balaban J connectivity index is 1.54. The van der Waals surface area contributed by atoms with Crippen LogP contribution in [0.15, 0.2) is 24.4 Å². The number of imidazole rings is 1. The summed E-state index contributed by atoms with van der Waals surface area (Å²) < 4.78 is 2.16. The zero-order valence-electron chi connectivity index (χ0n) is 14.6. The van der Waals surface area contributed by atoms with E-state index in [0.29, 0.717) is 12.1 Å². The molecule has 5 heteroatoms. The number of fused-ring (bicyclic) bond motifs is 1. The van der Waals surface area contributed by atoms with Gasteiger partial charge in [0.05, 0.1) is 5.69 Å². The number of likely N-dealkylation sites (tertiary alicyclic amines) is 2. The normalized spacial score (nSPS) is 25.0. The minimum atomic E-state index is 0.229. The maximum atomic E-state index is 11.9. The van der Waals surface area contributed by atoms with Crippen molar-refractivity contribution < 1.29 is 4.79 Å². The van der Waals surface area contributed by atoms with Crippen LogP contribution in [0.2, 0.25) is 0 Å². The average molecular weight is 326 g/mol. The number of hydrogen-bond donors (Lipinski definition) is 0. The number of nitrogens with zero attached hydrogens (tertiary/aromatic N) is 4. The lowest BCUT2D eigenvalue weighted by atomic mass is 10.0. The summed E-state index contributed by atoms with van der Waals surface area (Å²) in [5.74, 6) is 0.229. The number of rotatable bonds is 3. The molecule has 2 aromatic heterocycles. The third-order valence-electron chi connectivity index (χ3n) is 5.67. The molecule has 4 heterocycles. The van der Waals surface area contributed by atoms with Gasteiger partial charge < -0.3 is 9.30 Å². The van der Waals surface area contributed by atoms with Crippen LogP contribution in [-0.2, 0) is 11.3 Å². The minimum Gasteiger partial charge on any atom is -0.338 e. The van der Waals surface area contributed by atoms with Gasteiger partial charge >= 0.3 is 0 Å². The summed E-state index contributed by atoms with van der Waals surface area (Å²) in [6.45, 7) is 6.74. The monoisotopic (exact) mass is 326 g/mol. The Hall–Kier alpha value is -1.88. The van der Waals surface area contributed by atoms with Crippen molar-refractivity contribution >= 4 is 11.6 Å². The van der Waals surface area contributed by atoms with Gasteiger partial charge in [-0.15, -0.1) is 0 Å². The molecule has 2 aliphatic heterocycles. The molecule has 2 atom stereocenters. The van der Waals surface area contributed by atoms with Crippen LogP contribution in [0, 0.1) is 6.92 Å². The standard InChI is InChI=1S/C19H26N4O/c1-14-6-3-9-19-20-16(13-23(14)19)12-21-10-4-7-17(21)18-8-5-11-22(18)15(2)24/h3,6,9,13,17-18H,4-5,7-8,10-12H2,1-2H3/t17-,18-/m0/s1. The van der Waals surface area contributed by atoms with E-state index >= 15 is 0 Å². The summed E-state index contributed by atoms with van der Waals surface area (Å²) in [5, 5.41) is 0. The van der Waals surface area contributed by atoms with Gasteiger partial charge in [-0.3, -0.25) is 9.69 Å². The zero-order valence-corrected chi connectivity index (χ0v) is 14.6. The van der Waals surface area contributed by atoms with Crippen LogP contribution < -0.4 is 0 Å². The van der Waals surface area contributed by atoms with Gasteiger partial charge in [0, 0.05) is 44.0 Å². The first kappa shape index (κ1) is 15.6. The van der Waals surface area contributed by atoms with Gasteiger partial charge in [0.25, 0.3) is 0 Å². The van der Waals surface area contributed by atoms with E-state index in [1.54, 1.807) is 6.92 Å². The molecule has 0 N–H and O–H groups in total. The second kappa shape index (κ2) is 6.20. The van der Waals surface area contributed by atoms with Gasteiger partial charge in [0.2, 0.25) is 5.91 Å². The smallest absolute Gasteiger partial charge is 0.219 e. The molecule has 0 bridgehead atoms. The molecule has 2 aliphatic rings. The quantitative estimate of drug-likeness (QED) is 0.870. The maximum Gasteiger partial charge on any atom is 0.219 e. The van der Waals surface area contributed by atoms with E-state index in [1.165, 1.54) is 18.5 Å². The molecule has 24 heavy (non-hydrogen) atoms. The molecule has 0 spiro atoms. The summed E-state index contributed by atoms with van der Waals surface area (Å²) in [5.41, 5.74) is 3.36. The predicted molar refractivity (Wildman–Crippen MR) is 93.8 cm³/mol. The van der Waals surface area contributed by atoms with Crippen molar-refractivity contribution in [2.45, 2.75) is 58.2 Å². The number of carbonyl (C=O) groups is 1. The molecule has 128 valence electrons. The Labute approximate surface area is 143 Å². The van der Waals surface area contributed by atoms with Crippen LogP contribution in [0.3, 0.4) is 0 Å². The average Bonchev–Trinajstić information content (AvgIpc) is 3.25. The fourth-order valence-corrected chi connectivity index (χ4v) is 4.55. The van der Waals surface area contributed by atoms with E-state index in [0.717, 1.165) is 43.8 Å². The van der Waals surface area contributed by atoms with Crippen molar-refractivity contribution in [3.63, 3.8) is 0 Å². The third-order valence-corrected chi connectivity index (χ3v) is 5.67. The second-order valence-electron chi connectivity index (χ2n) is 7.23. The minimum absolute atomic E-state index is 0.229. The fraction of sp³-hybridized carbons (Fsp3) is 0.579. The highest BCUT2D eigenvalue weighted by Crippen LogP contribution is 2.31.